The maximum Gasteiger partial charge on any atom is 0.300 e. The van der Waals surface area contributed by atoms with Crippen LogP contribution >= 0.6 is 11.3 Å². The highest BCUT2D eigenvalue weighted by atomic mass is 32.1. The fourth-order valence-electron chi connectivity index (χ4n) is 2.59. The van der Waals surface area contributed by atoms with Crippen LogP contribution in [0.15, 0.2) is 35.8 Å². The Kier molecular flexibility index (Phi) is 4.63. The smallest absolute Gasteiger partial charge is 0.300 e. The van der Waals surface area contributed by atoms with E-state index in [1.54, 1.807) is 16.8 Å². The average Bonchev–Trinajstić information content (AvgIpc) is 3.08. The summed E-state index contributed by atoms with van der Waals surface area (Å²) in [5.74, 6) is -1.90. The predicted octanol–water partition coefficient (Wildman–Crippen LogP) is 3.43. The molecular formula is C17H16F2N4OS. The molecule has 130 valence electrons. The summed E-state index contributed by atoms with van der Waals surface area (Å²) < 4.78 is 31.2. The highest BCUT2D eigenvalue weighted by Crippen LogP contribution is 2.22. The minimum Gasteiger partial charge on any atom is -0.310 e. The Morgan fingerprint density at radius 2 is 2.16 bits per heavy atom. The van der Waals surface area contributed by atoms with Gasteiger partial charge in [-0.15, -0.1) is 6.58 Å². The molecule has 2 aromatic heterocycles. The van der Waals surface area contributed by atoms with Crippen molar-refractivity contribution in [1.29, 1.82) is 0 Å². The minimum atomic E-state index is -0.701. The highest BCUT2D eigenvalue weighted by molar-refractivity contribution is 7.16. The number of nitrogens with zero attached hydrogens (tertiary/aromatic N) is 4. The van der Waals surface area contributed by atoms with E-state index in [4.69, 9.17) is 0 Å². The van der Waals surface area contributed by atoms with E-state index in [1.807, 2.05) is 13.8 Å². The molecule has 0 N–H and O–H groups in total. The van der Waals surface area contributed by atoms with Crippen LogP contribution in [0.3, 0.4) is 0 Å². The van der Waals surface area contributed by atoms with E-state index in [9.17, 15) is 13.6 Å². The lowest BCUT2D eigenvalue weighted by Crippen LogP contribution is -2.17. The first-order chi connectivity index (χ1) is 11.9. The first kappa shape index (κ1) is 17.2. The van der Waals surface area contributed by atoms with Crippen LogP contribution < -0.4 is 4.80 Å². The molecule has 0 spiro atoms. The Bertz CT molecular complexity index is 1050. The molecule has 2 heterocycles. The van der Waals surface area contributed by atoms with Crippen LogP contribution in [0.25, 0.3) is 10.2 Å². The number of hydrogen-bond donors (Lipinski definition) is 0. The van der Waals surface area contributed by atoms with Gasteiger partial charge in [0.05, 0.1) is 10.2 Å². The summed E-state index contributed by atoms with van der Waals surface area (Å²) in [4.78, 5) is 16.8. The molecule has 0 aliphatic rings. The van der Waals surface area contributed by atoms with Crippen molar-refractivity contribution in [2.24, 2.45) is 4.99 Å². The van der Waals surface area contributed by atoms with E-state index in [0.29, 0.717) is 11.2 Å². The number of hydrogen-bond acceptors (Lipinski definition) is 3. The van der Waals surface area contributed by atoms with Crippen LogP contribution in [0.4, 0.5) is 8.78 Å². The number of fused-ring (bicyclic) bond motifs is 1. The number of amides is 1. The molecule has 0 atom stereocenters. The summed E-state index contributed by atoms with van der Waals surface area (Å²) in [5.41, 5.74) is 1.27. The van der Waals surface area contributed by atoms with Gasteiger partial charge < -0.3 is 4.57 Å². The van der Waals surface area contributed by atoms with Gasteiger partial charge in [-0.05, 0) is 26.0 Å². The molecule has 0 saturated carbocycles. The Morgan fingerprint density at radius 3 is 2.80 bits per heavy atom. The highest BCUT2D eigenvalue weighted by Gasteiger charge is 2.15. The molecule has 3 rings (SSSR count). The van der Waals surface area contributed by atoms with Gasteiger partial charge in [0, 0.05) is 24.8 Å². The first-order valence-corrected chi connectivity index (χ1v) is 8.49. The number of carbonyl (C=O) groups excluding carboxylic acids is 1. The number of rotatable bonds is 4. The van der Waals surface area contributed by atoms with Crippen LogP contribution in [0.1, 0.15) is 23.1 Å². The molecule has 1 amide bonds. The summed E-state index contributed by atoms with van der Waals surface area (Å²) in [6, 6.07) is 3.69. The van der Waals surface area contributed by atoms with Gasteiger partial charge in [0.2, 0.25) is 0 Å². The van der Waals surface area contributed by atoms with Crippen molar-refractivity contribution < 1.29 is 13.6 Å². The number of benzene rings is 1. The quantitative estimate of drug-likeness (QED) is 0.668. The summed E-state index contributed by atoms with van der Waals surface area (Å²) in [5, 5.41) is 4.20. The maximum absolute atomic E-state index is 14.2. The van der Waals surface area contributed by atoms with E-state index >= 15 is 0 Å². The van der Waals surface area contributed by atoms with E-state index in [-0.39, 0.29) is 22.6 Å². The number of allylic oxidation sites excluding steroid dienone is 1. The molecular weight excluding hydrogens is 346 g/mol. The second kappa shape index (κ2) is 6.72. The van der Waals surface area contributed by atoms with Crippen LogP contribution in [0.2, 0.25) is 0 Å². The topological polar surface area (TPSA) is 52.2 Å². The number of halogens is 2. The molecule has 1 aromatic carbocycles. The molecule has 0 unspecified atom stereocenters. The van der Waals surface area contributed by atoms with Crippen LogP contribution in [0, 0.1) is 18.6 Å². The van der Waals surface area contributed by atoms with E-state index in [0.717, 1.165) is 23.1 Å². The Hall–Kier alpha value is -2.61. The third-order valence-corrected chi connectivity index (χ3v) is 4.73. The van der Waals surface area contributed by atoms with E-state index in [1.165, 1.54) is 10.6 Å². The lowest BCUT2D eigenvalue weighted by Gasteiger charge is -2.02. The zero-order valence-corrected chi connectivity index (χ0v) is 14.6. The van der Waals surface area contributed by atoms with Crippen molar-refractivity contribution in [2.45, 2.75) is 26.9 Å². The van der Waals surface area contributed by atoms with E-state index in [2.05, 4.69) is 16.7 Å². The summed E-state index contributed by atoms with van der Waals surface area (Å²) in [6.07, 6.45) is 1.56. The molecule has 0 bridgehead atoms. The fraction of sp³-hybridized carbons (Fsp3) is 0.235. The lowest BCUT2D eigenvalue weighted by atomic mass is 10.3. The molecule has 0 aliphatic heterocycles. The third-order valence-electron chi connectivity index (χ3n) is 3.70. The van der Waals surface area contributed by atoms with Crippen molar-refractivity contribution >= 4 is 27.5 Å². The minimum absolute atomic E-state index is 0.202. The van der Waals surface area contributed by atoms with Crippen LogP contribution in [-0.2, 0) is 13.1 Å². The second-order valence-electron chi connectivity index (χ2n) is 5.42. The molecule has 0 radical (unpaired) electrons. The molecule has 8 heteroatoms. The van der Waals surface area contributed by atoms with Gasteiger partial charge in [0.25, 0.3) is 5.91 Å². The van der Waals surface area contributed by atoms with Gasteiger partial charge >= 0.3 is 0 Å². The third kappa shape index (κ3) is 3.17. The van der Waals surface area contributed by atoms with Gasteiger partial charge in [-0.1, -0.05) is 17.4 Å². The molecule has 25 heavy (non-hydrogen) atoms. The maximum atomic E-state index is 14.2. The van der Waals surface area contributed by atoms with Crippen LogP contribution in [0.5, 0.6) is 0 Å². The van der Waals surface area contributed by atoms with Crippen molar-refractivity contribution in [3.05, 3.63) is 58.7 Å². The molecule has 5 nitrogen and oxygen atoms in total. The Morgan fingerprint density at radius 1 is 1.40 bits per heavy atom. The molecule has 0 aliphatic carbocycles. The van der Waals surface area contributed by atoms with E-state index < -0.39 is 17.5 Å². The van der Waals surface area contributed by atoms with Gasteiger partial charge in [0.15, 0.2) is 16.3 Å². The van der Waals surface area contributed by atoms with Gasteiger partial charge in [-0.3, -0.25) is 9.48 Å². The Balaban J connectivity index is 2.17. The largest absolute Gasteiger partial charge is 0.310 e. The molecule has 3 aromatic rings. The monoisotopic (exact) mass is 362 g/mol. The lowest BCUT2D eigenvalue weighted by molar-refractivity contribution is 0.0992. The summed E-state index contributed by atoms with van der Waals surface area (Å²) in [7, 11) is 0. The zero-order chi connectivity index (χ0) is 18.1. The molecule has 0 fully saturated rings. The zero-order valence-electron chi connectivity index (χ0n) is 13.8. The van der Waals surface area contributed by atoms with Crippen LogP contribution in [-0.4, -0.2) is 20.3 Å². The van der Waals surface area contributed by atoms with Gasteiger partial charge in [0.1, 0.15) is 5.82 Å². The van der Waals surface area contributed by atoms with Crippen molar-refractivity contribution in [3.63, 3.8) is 0 Å². The number of aromatic nitrogens is 3. The SMILES string of the molecule is C=CCn1c(=NC(=O)c2cc(C)n(CC)n2)sc2cc(F)cc(F)c21. The van der Waals surface area contributed by atoms with Crippen molar-refractivity contribution in [2.75, 3.05) is 0 Å². The number of thiazole rings is 1. The average molecular weight is 362 g/mol. The van der Waals surface area contributed by atoms with Gasteiger partial charge in [-0.25, -0.2) is 8.78 Å². The summed E-state index contributed by atoms with van der Waals surface area (Å²) in [6.45, 7) is 8.30. The summed E-state index contributed by atoms with van der Waals surface area (Å²) >= 11 is 1.05. The van der Waals surface area contributed by atoms with Crippen molar-refractivity contribution in [3.8, 4) is 0 Å². The molecule has 0 saturated heterocycles. The normalized spacial score (nSPS) is 12.1. The fourth-order valence-corrected chi connectivity index (χ4v) is 3.67. The number of carbonyl (C=O) groups is 1. The Labute approximate surface area is 146 Å². The predicted molar refractivity (Wildman–Crippen MR) is 92.5 cm³/mol. The first-order valence-electron chi connectivity index (χ1n) is 7.67. The van der Waals surface area contributed by atoms with Crippen molar-refractivity contribution in [1.82, 2.24) is 14.3 Å². The number of aryl methyl sites for hydroxylation is 2. The standard InChI is InChI=1S/C17H16F2N4OS/c1-4-6-22-15-12(19)8-11(18)9-14(15)25-17(22)20-16(24)13-7-10(3)23(5-2)21-13/h4,7-9H,1,5-6H2,2-3H3. The van der Waals surface area contributed by atoms with Gasteiger partial charge in [-0.2, -0.15) is 10.1 Å². The second-order valence-corrected chi connectivity index (χ2v) is 6.43.